The Balaban J connectivity index is 1.82. The van der Waals surface area contributed by atoms with Crippen molar-refractivity contribution in [2.24, 2.45) is 11.8 Å². The largest absolute Gasteiger partial charge is 0.458 e. The van der Waals surface area contributed by atoms with Crippen molar-refractivity contribution >= 4 is 13.8 Å². The van der Waals surface area contributed by atoms with Crippen LogP contribution in [0.3, 0.4) is 0 Å². The van der Waals surface area contributed by atoms with E-state index in [0.717, 1.165) is 12.0 Å². The summed E-state index contributed by atoms with van der Waals surface area (Å²) in [5.41, 5.74) is 0.981. The lowest BCUT2D eigenvalue weighted by Crippen LogP contribution is -2.20. The van der Waals surface area contributed by atoms with E-state index in [-0.39, 0.29) is 23.8 Å². The van der Waals surface area contributed by atoms with E-state index >= 15 is 0 Å². The highest BCUT2D eigenvalue weighted by molar-refractivity contribution is 6.12. The van der Waals surface area contributed by atoms with Crippen LogP contribution in [0.4, 0.5) is 0 Å². The second kappa shape index (κ2) is 7.46. The first-order valence-electron chi connectivity index (χ1n) is 7.29. The molecule has 2 rings (SSSR count). The summed E-state index contributed by atoms with van der Waals surface area (Å²) in [5.74, 6) is 0.276. The van der Waals surface area contributed by atoms with Crippen LogP contribution < -0.4 is 0 Å². The number of methoxy groups -OCH3 is 1. The molecule has 110 valence electrons. The number of esters is 1. The first-order chi connectivity index (χ1) is 10.1. The third-order valence-electron chi connectivity index (χ3n) is 4.14. The van der Waals surface area contributed by atoms with Crippen molar-refractivity contribution in [3.8, 4) is 0 Å². The Morgan fingerprint density at radius 3 is 2.71 bits per heavy atom. The summed E-state index contributed by atoms with van der Waals surface area (Å²) >= 11 is 0. The van der Waals surface area contributed by atoms with E-state index in [4.69, 9.17) is 17.3 Å². The molecule has 2 radical (unpaired) electrons. The van der Waals surface area contributed by atoms with Gasteiger partial charge < -0.3 is 9.47 Å². The minimum absolute atomic E-state index is 0.0278. The van der Waals surface area contributed by atoms with E-state index in [1.165, 1.54) is 6.08 Å². The van der Waals surface area contributed by atoms with Crippen LogP contribution in [0.2, 0.25) is 5.82 Å². The Morgan fingerprint density at radius 2 is 2.10 bits per heavy atom. The molecule has 0 amide bonds. The number of rotatable bonds is 5. The standard InChI is InChI=1S/C17H21BO3/c1-12-14(10-15(18)17(12)20-2)8-9-16(19)21-11-13-6-4-3-5-7-13/h3-9,12,14-15,17H,10-11H2,1-2H3/b9-8+/t12-,14+,15+,17-/m1/s1. The van der Waals surface area contributed by atoms with Crippen LogP contribution in [0.5, 0.6) is 0 Å². The Morgan fingerprint density at radius 1 is 1.38 bits per heavy atom. The van der Waals surface area contributed by atoms with Gasteiger partial charge in [-0.2, -0.15) is 0 Å². The zero-order valence-corrected chi connectivity index (χ0v) is 12.6. The Kier molecular flexibility index (Phi) is 5.63. The topological polar surface area (TPSA) is 35.5 Å². The molecule has 1 aromatic rings. The number of benzene rings is 1. The summed E-state index contributed by atoms with van der Waals surface area (Å²) < 4.78 is 10.6. The van der Waals surface area contributed by atoms with Gasteiger partial charge in [-0.25, -0.2) is 4.79 Å². The lowest BCUT2D eigenvalue weighted by molar-refractivity contribution is -0.139. The monoisotopic (exact) mass is 284 g/mol. The van der Waals surface area contributed by atoms with Crippen LogP contribution in [0, 0.1) is 11.8 Å². The summed E-state index contributed by atoms with van der Waals surface area (Å²) in [6, 6.07) is 9.63. The average molecular weight is 284 g/mol. The number of carbonyl (C=O) groups is 1. The molecule has 0 spiro atoms. The zero-order chi connectivity index (χ0) is 15.2. The molecule has 0 N–H and O–H groups in total. The van der Waals surface area contributed by atoms with Gasteiger partial charge in [-0.3, -0.25) is 0 Å². The Labute approximate surface area is 127 Å². The molecule has 0 unspecified atom stereocenters. The second-order valence-electron chi connectivity index (χ2n) is 5.58. The minimum Gasteiger partial charge on any atom is -0.458 e. The van der Waals surface area contributed by atoms with Crippen molar-refractivity contribution in [2.45, 2.75) is 31.9 Å². The van der Waals surface area contributed by atoms with Gasteiger partial charge >= 0.3 is 5.97 Å². The molecule has 0 bridgehead atoms. The van der Waals surface area contributed by atoms with Crippen molar-refractivity contribution in [3.63, 3.8) is 0 Å². The van der Waals surface area contributed by atoms with Crippen LogP contribution >= 0.6 is 0 Å². The molecule has 0 aliphatic heterocycles. The fourth-order valence-electron chi connectivity index (χ4n) is 2.92. The van der Waals surface area contributed by atoms with Crippen LogP contribution in [0.1, 0.15) is 18.9 Å². The molecular weight excluding hydrogens is 263 g/mol. The summed E-state index contributed by atoms with van der Waals surface area (Å²) in [6.07, 6.45) is 4.30. The van der Waals surface area contributed by atoms with Gasteiger partial charge in [-0.05, 0) is 23.8 Å². The summed E-state index contributed by atoms with van der Waals surface area (Å²) in [4.78, 5) is 11.7. The minimum atomic E-state index is -0.319. The zero-order valence-electron chi connectivity index (χ0n) is 12.6. The molecule has 1 aromatic carbocycles. The highest BCUT2D eigenvalue weighted by Gasteiger charge is 2.36. The molecule has 4 atom stereocenters. The highest BCUT2D eigenvalue weighted by Crippen LogP contribution is 2.40. The lowest BCUT2D eigenvalue weighted by atomic mass is 9.83. The maximum atomic E-state index is 11.7. The van der Waals surface area contributed by atoms with Gasteiger partial charge in [0.1, 0.15) is 6.61 Å². The molecule has 0 aromatic heterocycles. The molecule has 1 fully saturated rings. The van der Waals surface area contributed by atoms with Gasteiger partial charge in [-0.1, -0.05) is 49.1 Å². The predicted octanol–water partition coefficient (Wildman–Crippen LogP) is 2.91. The smallest absolute Gasteiger partial charge is 0.330 e. The lowest BCUT2D eigenvalue weighted by Gasteiger charge is -2.19. The third kappa shape index (κ3) is 4.21. The quantitative estimate of drug-likeness (QED) is 0.474. The van der Waals surface area contributed by atoms with Crippen molar-refractivity contribution < 1.29 is 14.3 Å². The summed E-state index contributed by atoms with van der Waals surface area (Å²) in [5, 5.41) is 0. The fraction of sp³-hybridized carbons (Fsp3) is 0.471. The molecule has 0 heterocycles. The van der Waals surface area contributed by atoms with Crippen molar-refractivity contribution in [1.82, 2.24) is 0 Å². The van der Waals surface area contributed by atoms with E-state index in [2.05, 4.69) is 6.92 Å². The van der Waals surface area contributed by atoms with Gasteiger partial charge in [0.15, 0.2) is 0 Å². The van der Waals surface area contributed by atoms with Crippen molar-refractivity contribution in [1.29, 1.82) is 0 Å². The molecule has 4 heteroatoms. The van der Waals surface area contributed by atoms with E-state index < -0.39 is 0 Å². The van der Waals surface area contributed by atoms with Gasteiger partial charge in [0.05, 0.1) is 14.0 Å². The molecule has 1 saturated carbocycles. The van der Waals surface area contributed by atoms with E-state index in [1.54, 1.807) is 7.11 Å². The van der Waals surface area contributed by atoms with Crippen LogP contribution in [0.15, 0.2) is 42.5 Å². The Hall–Kier alpha value is -1.55. The molecule has 1 aliphatic carbocycles. The maximum absolute atomic E-state index is 11.7. The normalized spacial score (nSPS) is 28.9. The second-order valence-corrected chi connectivity index (χ2v) is 5.58. The van der Waals surface area contributed by atoms with E-state index in [0.29, 0.717) is 12.5 Å². The molecule has 0 saturated heterocycles. The predicted molar refractivity (Wildman–Crippen MR) is 83.0 cm³/mol. The van der Waals surface area contributed by atoms with E-state index in [1.807, 2.05) is 36.4 Å². The summed E-state index contributed by atoms with van der Waals surface area (Å²) in [6.45, 7) is 2.40. The number of hydrogen-bond acceptors (Lipinski definition) is 3. The van der Waals surface area contributed by atoms with Crippen LogP contribution in [0.25, 0.3) is 0 Å². The fourth-order valence-corrected chi connectivity index (χ4v) is 2.92. The van der Waals surface area contributed by atoms with Gasteiger partial charge in [0, 0.05) is 13.2 Å². The number of ether oxygens (including phenoxy) is 2. The number of allylic oxidation sites excluding steroid dienone is 1. The molecule has 1 aliphatic rings. The molecule has 3 nitrogen and oxygen atoms in total. The number of carbonyl (C=O) groups excluding carboxylic acids is 1. The van der Waals surface area contributed by atoms with Crippen molar-refractivity contribution in [3.05, 3.63) is 48.0 Å². The van der Waals surface area contributed by atoms with Crippen LogP contribution in [-0.4, -0.2) is 27.0 Å². The first-order valence-corrected chi connectivity index (χ1v) is 7.29. The van der Waals surface area contributed by atoms with Crippen molar-refractivity contribution in [2.75, 3.05) is 7.11 Å². The van der Waals surface area contributed by atoms with Crippen LogP contribution in [-0.2, 0) is 20.9 Å². The van der Waals surface area contributed by atoms with Gasteiger partial charge in [0.25, 0.3) is 0 Å². The van der Waals surface area contributed by atoms with Gasteiger partial charge in [-0.15, -0.1) is 0 Å². The third-order valence-corrected chi connectivity index (χ3v) is 4.14. The Bertz CT molecular complexity index is 486. The van der Waals surface area contributed by atoms with Gasteiger partial charge in [0.2, 0.25) is 0 Å². The average Bonchev–Trinajstić information content (AvgIpc) is 2.77. The maximum Gasteiger partial charge on any atom is 0.330 e. The summed E-state index contributed by atoms with van der Waals surface area (Å²) in [7, 11) is 7.72. The molecular formula is C17H21BO3. The highest BCUT2D eigenvalue weighted by atomic mass is 16.5. The first kappa shape index (κ1) is 15.8. The molecule has 21 heavy (non-hydrogen) atoms. The SMILES string of the molecule is [B][C@H]1C[C@H](/C=C/C(=O)OCc2ccccc2)[C@@H](C)[C@H]1OC. The van der Waals surface area contributed by atoms with E-state index in [9.17, 15) is 4.79 Å². The number of hydrogen-bond donors (Lipinski definition) is 0.